The summed E-state index contributed by atoms with van der Waals surface area (Å²) in [5.41, 5.74) is -0.591. The van der Waals surface area contributed by atoms with Gasteiger partial charge in [0.05, 0.1) is 6.42 Å². The molecule has 0 spiro atoms. The van der Waals surface area contributed by atoms with Gasteiger partial charge in [-0.05, 0) is 38.6 Å². The summed E-state index contributed by atoms with van der Waals surface area (Å²) in [6.07, 6.45) is 0.125. The molecule has 0 bridgehead atoms. The van der Waals surface area contributed by atoms with Crippen molar-refractivity contribution in [3.05, 3.63) is 22.4 Å². The van der Waals surface area contributed by atoms with Crippen molar-refractivity contribution in [2.45, 2.75) is 39.2 Å². The summed E-state index contributed by atoms with van der Waals surface area (Å²) in [6.45, 7) is 5.51. The molecule has 1 aromatic rings. The molecule has 2 amide bonds. The Hall–Kier alpha value is -2.09. The van der Waals surface area contributed by atoms with E-state index in [0.29, 0.717) is 6.54 Å². The van der Waals surface area contributed by atoms with E-state index in [9.17, 15) is 14.4 Å². The lowest BCUT2D eigenvalue weighted by atomic mass is 10.2. The summed E-state index contributed by atoms with van der Waals surface area (Å²) < 4.78 is 9.86. The molecule has 0 atom stereocenters. The first kappa shape index (κ1) is 20.0. The molecule has 0 fully saturated rings. The van der Waals surface area contributed by atoms with Gasteiger partial charge in [0.15, 0.2) is 6.61 Å². The van der Waals surface area contributed by atoms with Gasteiger partial charge in [0.2, 0.25) is 0 Å². The first-order chi connectivity index (χ1) is 11.3. The highest BCUT2D eigenvalue weighted by molar-refractivity contribution is 7.09. The number of hydrogen-bond donors (Lipinski definition) is 2. The predicted octanol–water partition coefficient (Wildman–Crippen LogP) is 1.86. The summed E-state index contributed by atoms with van der Waals surface area (Å²) in [7, 11) is 0. The predicted molar refractivity (Wildman–Crippen MR) is 90.8 cm³/mol. The van der Waals surface area contributed by atoms with Crippen LogP contribution in [0.2, 0.25) is 0 Å². The molecule has 1 rings (SSSR count). The standard InChI is InChI=1S/C16H24N2O5S/c1-16(2,3)23-15(21)18-9-7-14(20)22-11-13(19)17-8-6-12-5-4-10-24-12/h4-5,10H,6-9,11H2,1-3H3,(H,17,19)(H,18,21). The van der Waals surface area contributed by atoms with Crippen molar-refractivity contribution in [3.63, 3.8) is 0 Å². The Bertz CT molecular complexity index is 537. The molecule has 0 saturated heterocycles. The van der Waals surface area contributed by atoms with E-state index in [2.05, 4.69) is 10.6 Å². The molecule has 0 radical (unpaired) electrons. The molecule has 1 heterocycles. The third kappa shape index (κ3) is 9.83. The highest BCUT2D eigenvalue weighted by Crippen LogP contribution is 2.08. The van der Waals surface area contributed by atoms with Crippen LogP contribution >= 0.6 is 11.3 Å². The second-order valence-corrected chi connectivity index (χ2v) is 7.05. The van der Waals surface area contributed by atoms with Crippen LogP contribution in [-0.2, 0) is 25.5 Å². The first-order valence-corrected chi connectivity index (χ1v) is 8.56. The Kier molecular flexibility index (Phi) is 8.25. The SMILES string of the molecule is CC(C)(C)OC(=O)NCCC(=O)OCC(=O)NCCc1cccs1. The number of nitrogens with one attached hydrogen (secondary N) is 2. The van der Waals surface area contributed by atoms with Crippen LogP contribution in [0.15, 0.2) is 17.5 Å². The Morgan fingerprint density at radius 1 is 1.17 bits per heavy atom. The van der Waals surface area contributed by atoms with Gasteiger partial charge in [-0.1, -0.05) is 6.07 Å². The monoisotopic (exact) mass is 356 g/mol. The van der Waals surface area contributed by atoms with Gasteiger partial charge in [0.1, 0.15) is 5.60 Å². The maximum Gasteiger partial charge on any atom is 0.407 e. The van der Waals surface area contributed by atoms with Crippen LogP contribution in [0, 0.1) is 0 Å². The molecular weight excluding hydrogens is 332 g/mol. The molecule has 0 saturated carbocycles. The summed E-state index contributed by atoms with van der Waals surface area (Å²) in [4.78, 5) is 35.6. The highest BCUT2D eigenvalue weighted by atomic mass is 32.1. The first-order valence-electron chi connectivity index (χ1n) is 7.68. The topological polar surface area (TPSA) is 93.7 Å². The van der Waals surface area contributed by atoms with Crippen LogP contribution in [0.4, 0.5) is 4.79 Å². The molecule has 24 heavy (non-hydrogen) atoms. The van der Waals surface area contributed by atoms with Gasteiger partial charge in [-0.2, -0.15) is 0 Å². The van der Waals surface area contributed by atoms with Gasteiger partial charge in [-0.25, -0.2) is 4.79 Å². The highest BCUT2D eigenvalue weighted by Gasteiger charge is 2.16. The van der Waals surface area contributed by atoms with Crippen LogP contribution in [0.3, 0.4) is 0 Å². The molecule has 7 nitrogen and oxygen atoms in total. The summed E-state index contributed by atoms with van der Waals surface area (Å²) in [5.74, 6) is -0.903. The lowest BCUT2D eigenvalue weighted by molar-refractivity contribution is -0.148. The van der Waals surface area contributed by atoms with Crippen molar-refractivity contribution in [1.29, 1.82) is 0 Å². The van der Waals surface area contributed by atoms with Gasteiger partial charge in [-0.15, -0.1) is 11.3 Å². The van der Waals surface area contributed by atoms with Crippen LogP contribution in [0.25, 0.3) is 0 Å². The lowest BCUT2D eigenvalue weighted by Crippen LogP contribution is -2.34. The van der Waals surface area contributed by atoms with Gasteiger partial charge >= 0.3 is 12.1 Å². The number of amides is 2. The second-order valence-electron chi connectivity index (χ2n) is 6.02. The Labute approximate surface area is 145 Å². The number of thiophene rings is 1. The zero-order valence-corrected chi connectivity index (χ0v) is 15.0. The van der Waals surface area contributed by atoms with Crippen molar-refractivity contribution in [3.8, 4) is 0 Å². The number of alkyl carbamates (subject to hydrolysis) is 1. The minimum atomic E-state index is -0.596. The zero-order valence-electron chi connectivity index (χ0n) is 14.2. The minimum Gasteiger partial charge on any atom is -0.456 e. The Morgan fingerprint density at radius 3 is 2.54 bits per heavy atom. The van der Waals surface area contributed by atoms with Crippen LogP contribution in [0.5, 0.6) is 0 Å². The normalized spacial score (nSPS) is 10.8. The maximum atomic E-state index is 11.5. The zero-order chi connectivity index (χ0) is 18.0. The number of carbonyl (C=O) groups is 3. The van der Waals surface area contributed by atoms with E-state index in [1.807, 2.05) is 17.5 Å². The average molecular weight is 356 g/mol. The fourth-order valence-corrected chi connectivity index (χ4v) is 2.34. The molecule has 0 aliphatic heterocycles. The Balaban J connectivity index is 2.06. The van der Waals surface area contributed by atoms with Gasteiger partial charge in [-0.3, -0.25) is 9.59 Å². The molecular formula is C16H24N2O5S. The van der Waals surface area contributed by atoms with Crippen LogP contribution in [-0.4, -0.2) is 43.3 Å². The number of esters is 1. The van der Waals surface area contributed by atoms with Crippen LogP contribution in [0.1, 0.15) is 32.1 Å². The fraction of sp³-hybridized carbons (Fsp3) is 0.562. The van der Waals surface area contributed by atoms with E-state index >= 15 is 0 Å². The third-order valence-electron chi connectivity index (χ3n) is 2.64. The summed E-state index contributed by atoms with van der Waals surface area (Å²) in [5, 5.41) is 7.10. The van der Waals surface area contributed by atoms with Crippen molar-refractivity contribution >= 4 is 29.3 Å². The summed E-state index contributed by atoms with van der Waals surface area (Å²) >= 11 is 1.63. The van der Waals surface area contributed by atoms with Gasteiger partial charge in [0.25, 0.3) is 5.91 Å². The fourth-order valence-electron chi connectivity index (χ4n) is 1.63. The van der Waals surface area contributed by atoms with Gasteiger partial charge in [0, 0.05) is 18.0 Å². The Morgan fingerprint density at radius 2 is 1.92 bits per heavy atom. The van der Waals surface area contributed by atoms with Crippen LogP contribution < -0.4 is 10.6 Å². The van der Waals surface area contributed by atoms with E-state index in [4.69, 9.17) is 9.47 Å². The number of carbonyl (C=O) groups excluding carboxylic acids is 3. The van der Waals surface area contributed by atoms with Crippen molar-refractivity contribution in [1.82, 2.24) is 10.6 Å². The second kappa shape index (κ2) is 9.92. The number of ether oxygens (including phenoxy) is 2. The molecule has 8 heteroatoms. The largest absolute Gasteiger partial charge is 0.456 e. The molecule has 0 aliphatic rings. The molecule has 2 N–H and O–H groups in total. The van der Waals surface area contributed by atoms with Crippen molar-refractivity contribution in [2.75, 3.05) is 19.7 Å². The molecule has 0 aliphatic carbocycles. The molecule has 0 aromatic carbocycles. The quantitative estimate of drug-likeness (QED) is 0.694. The van der Waals surface area contributed by atoms with E-state index in [1.54, 1.807) is 32.1 Å². The third-order valence-corrected chi connectivity index (χ3v) is 3.57. The molecule has 134 valence electrons. The van der Waals surface area contributed by atoms with E-state index in [0.717, 1.165) is 6.42 Å². The lowest BCUT2D eigenvalue weighted by Gasteiger charge is -2.19. The smallest absolute Gasteiger partial charge is 0.407 e. The molecule has 0 unspecified atom stereocenters. The average Bonchev–Trinajstić information content (AvgIpc) is 2.96. The minimum absolute atomic E-state index is 0.0261. The maximum absolute atomic E-state index is 11.5. The van der Waals surface area contributed by atoms with Gasteiger partial charge < -0.3 is 20.1 Å². The van der Waals surface area contributed by atoms with E-state index in [1.165, 1.54) is 4.88 Å². The molecule has 1 aromatic heterocycles. The van der Waals surface area contributed by atoms with E-state index < -0.39 is 17.7 Å². The number of rotatable bonds is 8. The summed E-state index contributed by atoms with van der Waals surface area (Å²) in [6, 6.07) is 3.95. The van der Waals surface area contributed by atoms with E-state index in [-0.39, 0.29) is 25.5 Å². The number of hydrogen-bond acceptors (Lipinski definition) is 6. The van der Waals surface area contributed by atoms with Crippen molar-refractivity contribution < 1.29 is 23.9 Å². The van der Waals surface area contributed by atoms with Crippen molar-refractivity contribution in [2.24, 2.45) is 0 Å².